The second-order valence-corrected chi connectivity index (χ2v) is 9.74. The van der Waals surface area contributed by atoms with Crippen molar-refractivity contribution in [1.29, 1.82) is 0 Å². The molecule has 1 N–H and O–H groups in total. The highest BCUT2D eigenvalue weighted by Gasteiger charge is 2.46. The van der Waals surface area contributed by atoms with E-state index in [1.807, 2.05) is 13.8 Å². The Morgan fingerprint density at radius 3 is 2.04 bits per heavy atom. The van der Waals surface area contributed by atoms with E-state index in [0.29, 0.717) is 11.5 Å². The molecule has 0 radical (unpaired) electrons. The van der Waals surface area contributed by atoms with Crippen LogP contribution in [-0.2, 0) is 4.79 Å². The number of hydrogen-bond acceptors (Lipinski definition) is 4. The highest BCUT2D eigenvalue weighted by molar-refractivity contribution is 5.78. The lowest BCUT2D eigenvalue weighted by Gasteiger charge is -2.52. The van der Waals surface area contributed by atoms with Crippen LogP contribution in [0.1, 0.15) is 59.8 Å². The van der Waals surface area contributed by atoms with Gasteiger partial charge in [-0.2, -0.15) is 0 Å². The Bertz CT molecular complexity index is 471. The normalized spacial score (nSPS) is 26.3. The third-order valence-corrected chi connectivity index (χ3v) is 7.50. The van der Waals surface area contributed by atoms with Crippen molar-refractivity contribution in [3.05, 3.63) is 0 Å². The van der Waals surface area contributed by atoms with Crippen molar-refractivity contribution in [3.63, 3.8) is 0 Å². The van der Waals surface area contributed by atoms with Crippen LogP contribution in [0.25, 0.3) is 0 Å². The molecule has 5 heteroatoms. The first-order chi connectivity index (χ1) is 12.9. The number of carbonyl (C=O) groups excluding carboxylic acids is 1. The van der Waals surface area contributed by atoms with Gasteiger partial charge in [0.05, 0.1) is 0 Å². The topological polar surface area (TPSA) is 38.8 Å². The van der Waals surface area contributed by atoms with E-state index in [1.165, 1.54) is 84.5 Å². The smallest absolute Gasteiger partial charge is 0.222 e. The van der Waals surface area contributed by atoms with Crippen LogP contribution in [0.2, 0.25) is 0 Å². The number of amides is 1. The molecule has 0 aromatic rings. The minimum Gasteiger partial charge on any atom is -0.353 e. The number of nitrogens with zero attached hydrogens (tertiary/aromatic N) is 3. The van der Waals surface area contributed by atoms with Crippen LogP contribution in [0.3, 0.4) is 0 Å². The van der Waals surface area contributed by atoms with Gasteiger partial charge in [0, 0.05) is 57.3 Å². The third-order valence-electron chi connectivity index (χ3n) is 7.50. The van der Waals surface area contributed by atoms with Crippen LogP contribution in [0, 0.1) is 11.3 Å². The molecule has 1 atom stereocenters. The molecular formula is C22H42N4O. The Balaban J connectivity index is 1.29. The molecule has 3 rings (SSSR count). The van der Waals surface area contributed by atoms with Gasteiger partial charge in [-0.25, -0.2) is 0 Å². The number of hydrogen-bond donors (Lipinski definition) is 1. The summed E-state index contributed by atoms with van der Waals surface area (Å²) in [6.07, 6.45) is 6.32. The van der Waals surface area contributed by atoms with Crippen LogP contribution >= 0.6 is 0 Å². The van der Waals surface area contributed by atoms with Crippen LogP contribution in [0.15, 0.2) is 0 Å². The molecule has 3 aliphatic rings. The Morgan fingerprint density at radius 2 is 1.52 bits per heavy atom. The molecule has 1 spiro atoms. The third kappa shape index (κ3) is 5.45. The molecule has 2 aliphatic heterocycles. The van der Waals surface area contributed by atoms with Crippen molar-refractivity contribution in [2.45, 2.75) is 71.9 Å². The molecule has 1 amide bonds. The summed E-state index contributed by atoms with van der Waals surface area (Å²) in [6, 6.07) is 1.18. The molecule has 2 saturated heterocycles. The maximum absolute atomic E-state index is 11.9. The number of nitrogens with one attached hydrogen (secondary N) is 1. The van der Waals surface area contributed by atoms with Crippen molar-refractivity contribution in [2.24, 2.45) is 11.3 Å². The van der Waals surface area contributed by atoms with E-state index >= 15 is 0 Å². The number of likely N-dealkylation sites (tertiary alicyclic amines) is 1. The fourth-order valence-corrected chi connectivity index (χ4v) is 5.08. The van der Waals surface area contributed by atoms with Gasteiger partial charge in [0.15, 0.2) is 0 Å². The second kappa shape index (κ2) is 9.23. The number of rotatable bonds is 7. The Morgan fingerprint density at radius 1 is 0.963 bits per heavy atom. The largest absolute Gasteiger partial charge is 0.353 e. The summed E-state index contributed by atoms with van der Waals surface area (Å²) < 4.78 is 0. The summed E-state index contributed by atoms with van der Waals surface area (Å²) in [5, 5.41) is 3.22. The molecule has 156 valence electrons. The molecule has 1 saturated carbocycles. The highest BCUT2D eigenvalue weighted by atomic mass is 16.1. The van der Waals surface area contributed by atoms with Crippen molar-refractivity contribution in [2.75, 3.05) is 52.4 Å². The molecule has 3 fully saturated rings. The zero-order valence-corrected chi connectivity index (χ0v) is 18.2. The van der Waals surface area contributed by atoms with Gasteiger partial charge in [-0.15, -0.1) is 0 Å². The Kier molecular flexibility index (Phi) is 7.20. The molecule has 5 nitrogen and oxygen atoms in total. The van der Waals surface area contributed by atoms with E-state index in [1.54, 1.807) is 0 Å². The van der Waals surface area contributed by atoms with Gasteiger partial charge in [-0.05, 0) is 57.5 Å². The van der Waals surface area contributed by atoms with Crippen molar-refractivity contribution >= 4 is 5.91 Å². The molecule has 1 unspecified atom stereocenters. The number of carbonyl (C=O) groups is 1. The Hall–Kier alpha value is -0.650. The van der Waals surface area contributed by atoms with Gasteiger partial charge in [-0.1, -0.05) is 20.8 Å². The van der Waals surface area contributed by atoms with E-state index in [0.717, 1.165) is 6.04 Å². The maximum atomic E-state index is 11.9. The van der Waals surface area contributed by atoms with Gasteiger partial charge in [0.2, 0.25) is 5.91 Å². The quantitative estimate of drug-likeness (QED) is 0.738. The zero-order chi connectivity index (χ0) is 19.4. The maximum Gasteiger partial charge on any atom is 0.222 e. The fraction of sp³-hybridized carbons (Fsp3) is 0.955. The van der Waals surface area contributed by atoms with Crippen molar-refractivity contribution < 1.29 is 4.79 Å². The van der Waals surface area contributed by atoms with Crippen LogP contribution in [0.4, 0.5) is 0 Å². The van der Waals surface area contributed by atoms with E-state index in [9.17, 15) is 4.79 Å². The molecule has 0 bridgehead atoms. The molecule has 2 heterocycles. The highest BCUT2D eigenvalue weighted by Crippen LogP contribution is 2.49. The fourth-order valence-electron chi connectivity index (χ4n) is 5.08. The first-order valence-corrected chi connectivity index (χ1v) is 11.4. The average molecular weight is 379 g/mol. The number of piperazine rings is 1. The van der Waals surface area contributed by atoms with E-state index in [4.69, 9.17) is 0 Å². The standard InChI is InChI=1S/C22H42N4O/c1-5-19(4)26-14-12-25(13-15-26)11-10-24-8-6-22(7-9-24)16-20(17-22)23-21(27)18(2)3/h18-20H,5-17H2,1-4H3,(H,23,27). The molecule has 0 aromatic carbocycles. The monoisotopic (exact) mass is 378 g/mol. The lowest BCUT2D eigenvalue weighted by atomic mass is 9.60. The van der Waals surface area contributed by atoms with Gasteiger partial charge in [0.25, 0.3) is 0 Å². The minimum absolute atomic E-state index is 0.107. The van der Waals surface area contributed by atoms with Crippen LogP contribution < -0.4 is 5.32 Å². The predicted octanol–water partition coefficient (Wildman–Crippen LogP) is 2.42. The van der Waals surface area contributed by atoms with Crippen molar-refractivity contribution in [3.8, 4) is 0 Å². The predicted molar refractivity (Wildman–Crippen MR) is 112 cm³/mol. The Labute approximate surface area is 166 Å². The van der Waals surface area contributed by atoms with E-state index in [2.05, 4.69) is 33.9 Å². The summed E-state index contributed by atoms with van der Waals surface area (Å²) in [5.41, 5.74) is 0.535. The number of piperidine rings is 1. The first kappa shape index (κ1) is 21.1. The summed E-state index contributed by atoms with van der Waals surface area (Å²) in [4.78, 5) is 19.8. The first-order valence-electron chi connectivity index (χ1n) is 11.4. The summed E-state index contributed by atoms with van der Waals surface area (Å²) in [7, 11) is 0. The molecule has 27 heavy (non-hydrogen) atoms. The molecule has 1 aliphatic carbocycles. The van der Waals surface area contributed by atoms with Crippen LogP contribution in [-0.4, -0.2) is 85.0 Å². The molecule has 0 aromatic heterocycles. The van der Waals surface area contributed by atoms with Gasteiger partial charge >= 0.3 is 0 Å². The summed E-state index contributed by atoms with van der Waals surface area (Å²) in [6.45, 7) is 18.5. The minimum atomic E-state index is 0.107. The van der Waals surface area contributed by atoms with E-state index in [-0.39, 0.29) is 11.8 Å². The van der Waals surface area contributed by atoms with Gasteiger partial charge in [0.1, 0.15) is 0 Å². The molecular weight excluding hydrogens is 336 g/mol. The zero-order valence-electron chi connectivity index (χ0n) is 18.2. The summed E-state index contributed by atoms with van der Waals surface area (Å²) >= 11 is 0. The van der Waals surface area contributed by atoms with Crippen molar-refractivity contribution in [1.82, 2.24) is 20.0 Å². The summed E-state index contributed by atoms with van der Waals surface area (Å²) in [5.74, 6) is 0.330. The van der Waals surface area contributed by atoms with Gasteiger partial charge < -0.3 is 10.2 Å². The SMILES string of the molecule is CCC(C)N1CCN(CCN2CCC3(CC2)CC(NC(=O)C(C)C)C3)CC1. The lowest BCUT2D eigenvalue weighted by molar-refractivity contribution is -0.126. The lowest BCUT2D eigenvalue weighted by Crippen LogP contribution is -2.56. The van der Waals surface area contributed by atoms with Gasteiger partial charge in [-0.3, -0.25) is 14.6 Å². The van der Waals surface area contributed by atoms with Crippen LogP contribution in [0.5, 0.6) is 0 Å². The average Bonchev–Trinajstić information content (AvgIpc) is 2.65. The van der Waals surface area contributed by atoms with E-state index < -0.39 is 0 Å². The second-order valence-electron chi connectivity index (χ2n) is 9.74.